The highest BCUT2D eigenvalue weighted by Crippen LogP contribution is 2.30. The zero-order valence-corrected chi connectivity index (χ0v) is 17.7. The topological polar surface area (TPSA) is 107 Å². The minimum atomic E-state index is -3.98. The second-order valence-electron chi connectivity index (χ2n) is 6.07. The number of hydrogen-bond donors (Lipinski definition) is 2. The Morgan fingerprint density at radius 3 is 2.57 bits per heavy atom. The molecule has 0 aliphatic rings. The highest BCUT2D eigenvalue weighted by atomic mass is 35.5. The van der Waals surface area contributed by atoms with Crippen LogP contribution in [0.4, 0.5) is 5.69 Å². The third-order valence-electron chi connectivity index (χ3n) is 4.16. The average molecular weight is 451 g/mol. The maximum absolute atomic E-state index is 12.7. The molecule has 1 aromatic heterocycles. The van der Waals surface area contributed by atoms with E-state index in [0.29, 0.717) is 22.9 Å². The van der Waals surface area contributed by atoms with E-state index in [1.54, 1.807) is 30.3 Å². The van der Waals surface area contributed by atoms with Gasteiger partial charge < -0.3 is 19.2 Å². The molecule has 3 aromatic rings. The molecule has 8 nitrogen and oxygen atoms in total. The van der Waals surface area contributed by atoms with Gasteiger partial charge in [0.2, 0.25) is 10.0 Å². The first-order chi connectivity index (χ1) is 14.3. The lowest BCUT2D eigenvalue weighted by Gasteiger charge is -2.13. The Balaban J connectivity index is 1.83. The number of halogens is 1. The molecule has 0 unspecified atom stereocenters. The number of rotatable bonds is 8. The predicted octanol–water partition coefficient (Wildman–Crippen LogP) is 3.68. The maximum atomic E-state index is 12.7. The summed E-state index contributed by atoms with van der Waals surface area (Å²) in [6.07, 6.45) is 1.44. The smallest absolute Gasteiger partial charge is 0.255 e. The maximum Gasteiger partial charge on any atom is 0.255 e. The molecule has 0 saturated heterocycles. The Hall–Kier alpha value is -3.01. The molecule has 0 aliphatic heterocycles. The van der Waals surface area contributed by atoms with Crippen LogP contribution in [0.15, 0.2) is 64.1 Å². The predicted molar refractivity (Wildman–Crippen MR) is 112 cm³/mol. The summed E-state index contributed by atoms with van der Waals surface area (Å²) in [6.45, 7) is -0.0505. The van der Waals surface area contributed by atoms with E-state index in [2.05, 4.69) is 10.0 Å². The van der Waals surface area contributed by atoms with Gasteiger partial charge in [-0.1, -0.05) is 11.6 Å². The van der Waals surface area contributed by atoms with Crippen molar-refractivity contribution in [2.24, 2.45) is 0 Å². The second-order valence-corrected chi connectivity index (χ2v) is 8.21. The van der Waals surface area contributed by atoms with Crippen molar-refractivity contribution in [2.75, 3.05) is 19.5 Å². The van der Waals surface area contributed by atoms with E-state index in [0.717, 1.165) is 0 Å². The van der Waals surface area contributed by atoms with Crippen LogP contribution in [-0.4, -0.2) is 28.5 Å². The van der Waals surface area contributed by atoms with Crippen LogP contribution < -0.4 is 19.5 Å². The van der Waals surface area contributed by atoms with Gasteiger partial charge in [-0.3, -0.25) is 4.79 Å². The van der Waals surface area contributed by atoms with E-state index in [4.69, 9.17) is 25.5 Å². The summed E-state index contributed by atoms with van der Waals surface area (Å²) in [4.78, 5) is 12.5. The average Bonchev–Trinajstić information content (AvgIpc) is 3.26. The Labute approximate surface area is 178 Å². The summed E-state index contributed by atoms with van der Waals surface area (Å²) in [5.41, 5.74) is 0.509. The van der Waals surface area contributed by atoms with Gasteiger partial charge in [0.25, 0.3) is 5.91 Å². The van der Waals surface area contributed by atoms with Crippen molar-refractivity contribution in [1.82, 2.24) is 4.72 Å². The Morgan fingerprint density at radius 1 is 1.10 bits per heavy atom. The number of anilines is 1. The van der Waals surface area contributed by atoms with Gasteiger partial charge >= 0.3 is 0 Å². The van der Waals surface area contributed by atoms with E-state index in [1.165, 1.54) is 38.7 Å². The minimum Gasteiger partial charge on any atom is -0.497 e. The number of sulfonamides is 1. The number of carbonyl (C=O) groups is 1. The van der Waals surface area contributed by atoms with Gasteiger partial charge in [0.05, 0.1) is 37.7 Å². The van der Waals surface area contributed by atoms with E-state index < -0.39 is 15.9 Å². The third kappa shape index (κ3) is 4.93. The summed E-state index contributed by atoms with van der Waals surface area (Å²) in [5, 5.41) is 2.68. The summed E-state index contributed by atoms with van der Waals surface area (Å²) in [7, 11) is -1.00. The lowest BCUT2D eigenvalue weighted by atomic mass is 10.2. The quantitative estimate of drug-likeness (QED) is 0.542. The van der Waals surface area contributed by atoms with Gasteiger partial charge in [-0.2, -0.15) is 0 Å². The Morgan fingerprint density at radius 2 is 1.90 bits per heavy atom. The standard InChI is InChI=1S/C20H19ClN2O6S/c1-27-14-6-8-17(18(11-14)28-2)23-20(24)13-5-7-16(21)19(10-13)30(25,26)22-12-15-4-3-9-29-15/h3-11,22H,12H2,1-2H3,(H,23,24). The Kier molecular flexibility index (Phi) is 6.66. The number of methoxy groups -OCH3 is 2. The normalized spacial score (nSPS) is 11.2. The van der Waals surface area contributed by atoms with Gasteiger partial charge in [-0.05, 0) is 42.5 Å². The number of amides is 1. The first-order valence-corrected chi connectivity index (χ1v) is 10.5. The molecule has 0 radical (unpaired) electrons. The highest BCUT2D eigenvalue weighted by molar-refractivity contribution is 7.89. The largest absolute Gasteiger partial charge is 0.497 e. The van der Waals surface area contributed by atoms with Crippen LogP contribution in [0, 0.1) is 0 Å². The number of benzene rings is 2. The SMILES string of the molecule is COc1ccc(NC(=O)c2ccc(Cl)c(S(=O)(=O)NCc3ccco3)c2)c(OC)c1. The number of furan rings is 1. The molecule has 3 rings (SSSR count). The van der Waals surface area contributed by atoms with Crippen LogP contribution in [0.3, 0.4) is 0 Å². The van der Waals surface area contributed by atoms with Crippen molar-refractivity contribution >= 4 is 33.2 Å². The van der Waals surface area contributed by atoms with Crippen molar-refractivity contribution in [1.29, 1.82) is 0 Å². The number of hydrogen-bond acceptors (Lipinski definition) is 6. The summed E-state index contributed by atoms with van der Waals surface area (Å²) < 4.78 is 43.2. The monoisotopic (exact) mass is 450 g/mol. The molecule has 1 heterocycles. The van der Waals surface area contributed by atoms with Gasteiger partial charge in [-0.25, -0.2) is 13.1 Å². The van der Waals surface area contributed by atoms with Crippen LogP contribution in [0.1, 0.15) is 16.1 Å². The number of nitrogens with one attached hydrogen (secondary N) is 2. The fourth-order valence-corrected chi connectivity index (χ4v) is 4.12. The zero-order valence-electron chi connectivity index (χ0n) is 16.1. The molecule has 1 amide bonds. The van der Waals surface area contributed by atoms with Gasteiger partial charge in [0.15, 0.2) is 0 Å². The molecule has 30 heavy (non-hydrogen) atoms. The van der Waals surface area contributed by atoms with Crippen LogP contribution in [0.5, 0.6) is 11.5 Å². The first kappa shape index (κ1) is 21.7. The van der Waals surface area contributed by atoms with Crippen molar-refractivity contribution in [3.8, 4) is 11.5 Å². The van der Waals surface area contributed by atoms with E-state index in [-0.39, 0.29) is 22.0 Å². The molecular formula is C20H19ClN2O6S. The lowest BCUT2D eigenvalue weighted by Crippen LogP contribution is -2.24. The third-order valence-corrected chi connectivity index (χ3v) is 6.04. The minimum absolute atomic E-state index is 0.0134. The lowest BCUT2D eigenvalue weighted by molar-refractivity contribution is 0.102. The van der Waals surface area contributed by atoms with Gasteiger partial charge in [0, 0.05) is 11.6 Å². The zero-order chi connectivity index (χ0) is 21.7. The molecule has 2 aromatic carbocycles. The van der Waals surface area contributed by atoms with Crippen LogP contribution in [-0.2, 0) is 16.6 Å². The number of ether oxygens (including phenoxy) is 2. The molecule has 10 heteroatoms. The van der Waals surface area contributed by atoms with E-state index in [1.807, 2.05) is 0 Å². The molecule has 0 spiro atoms. The molecule has 0 aliphatic carbocycles. The van der Waals surface area contributed by atoms with Crippen molar-refractivity contribution < 1.29 is 27.1 Å². The van der Waals surface area contributed by atoms with Gasteiger partial charge in [0.1, 0.15) is 22.2 Å². The van der Waals surface area contributed by atoms with E-state index >= 15 is 0 Å². The molecule has 0 atom stereocenters. The molecule has 0 bridgehead atoms. The number of carbonyl (C=O) groups excluding carboxylic acids is 1. The summed E-state index contributed by atoms with van der Waals surface area (Å²) >= 11 is 6.08. The fraction of sp³-hybridized carbons (Fsp3) is 0.150. The van der Waals surface area contributed by atoms with Crippen LogP contribution in [0.2, 0.25) is 5.02 Å². The molecular weight excluding hydrogens is 432 g/mol. The Bertz CT molecular complexity index is 1150. The summed E-state index contributed by atoms with van der Waals surface area (Å²) in [5.74, 6) is 0.866. The van der Waals surface area contributed by atoms with Crippen molar-refractivity contribution in [3.63, 3.8) is 0 Å². The fourth-order valence-electron chi connectivity index (χ4n) is 2.60. The van der Waals surface area contributed by atoms with Crippen molar-refractivity contribution in [2.45, 2.75) is 11.4 Å². The summed E-state index contributed by atoms with van der Waals surface area (Å²) in [6, 6.07) is 12.2. The first-order valence-electron chi connectivity index (χ1n) is 8.69. The van der Waals surface area contributed by atoms with Gasteiger partial charge in [-0.15, -0.1) is 0 Å². The highest BCUT2D eigenvalue weighted by Gasteiger charge is 2.21. The van der Waals surface area contributed by atoms with E-state index in [9.17, 15) is 13.2 Å². The molecule has 158 valence electrons. The molecule has 0 saturated carbocycles. The van der Waals surface area contributed by atoms with Crippen LogP contribution >= 0.6 is 11.6 Å². The van der Waals surface area contributed by atoms with Crippen molar-refractivity contribution in [3.05, 3.63) is 71.1 Å². The second kappa shape index (κ2) is 9.21. The molecule has 0 fully saturated rings. The molecule has 2 N–H and O–H groups in total. The van der Waals surface area contributed by atoms with Crippen LogP contribution in [0.25, 0.3) is 0 Å².